The average Bonchev–Trinajstić information content (AvgIpc) is 2.96. The molecule has 1 saturated carbocycles. The zero-order chi connectivity index (χ0) is 18.2. The van der Waals surface area contributed by atoms with Crippen LogP contribution in [-0.4, -0.2) is 56.6 Å². The van der Waals surface area contributed by atoms with Crippen molar-refractivity contribution in [2.24, 2.45) is 12.5 Å². The van der Waals surface area contributed by atoms with E-state index in [1.165, 1.54) is 0 Å². The first kappa shape index (κ1) is 17.8. The van der Waals surface area contributed by atoms with Crippen LogP contribution in [0.2, 0.25) is 0 Å². The van der Waals surface area contributed by atoms with Crippen molar-refractivity contribution in [1.82, 2.24) is 24.9 Å². The van der Waals surface area contributed by atoms with Crippen molar-refractivity contribution >= 4 is 17.1 Å². The summed E-state index contributed by atoms with van der Waals surface area (Å²) < 4.78 is 7.59. The highest BCUT2D eigenvalue weighted by molar-refractivity contribution is 5.96. The van der Waals surface area contributed by atoms with Crippen molar-refractivity contribution in [2.75, 3.05) is 13.7 Å². The number of fused-ring (bicyclic) bond motifs is 1. The SMILES string of the molecule is CCCCO[C@H]1C[C@@H](N(C)C(=O)c2cnc3c(c2)nnn3C)C1(C)C. The number of carbonyl (C=O) groups is 1. The van der Waals surface area contributed by atoms with Gasteiger partial charge in [0.1, 0.15) is 5.52 Å². The predicted molar refractivity (Wildman–Crippen MR) is 95.2 cm³/mol. The van der Waals surface area contributed by atoms with E-state index in [1.54, 1.807) is 24.0 Å². The molecule has 0 spiro atoms. The molecular weight excluding hydrogens is 318 g/mol. The molecule has 136 valence electrons. The standard InChI is InChI=1S/C18H27N5O2/c1-6-7-8-25-15-10-14(18(15,2)3)22(4)17(24)12-9-13-16(19-11-12)23(5)21-20-13/h9,11,14-15H,6-8,10H2,1-5H3/t14-,15+/m1/s1. The highest BCUT2D eigenvalue weighted by atomic mass is 16.5. The highest BCUT2D eigenvalue weighted by Gasteiger charge is 2.51. The van der Waals surface area contributed by atoms with Gasteiger partial charge in [-0.05, 0) is 18.9 Å². The summed E-state index contributed by atoms with van der Waals surface area (Å²) in [7, 11) is 3.64. The zero-order valence-corrected chi connectivity index (χ0v) is 15.7. The Bertz CT molecular complexity index is 770. The van der Waals surface area contributed by atoms with Crippen LogP contribution in [0.5, 0.6) is 0 Å². The molecule has 7 nitrogen and oxygen atoms in total. The van der Waals surface area contributed by atoms with E-state index in [4.69, 9.17) is 4.74 Å². The number of aryl methyl sites for hydroxylation is 1. The first-order valence-corrected chi connectivity index (χ1v) is 8.90. The van der Waals surface area contributed by atoms with E-state index in [9.17, 15) is 4.79 Å². The fourth-order valence-electron chi connectivity index (χ4n) is 3.56. The largest absolute Gasteiger partial charge is 0.378 e. The van der Waals surface area contributed by atoms with Crippen LogP contribution >= 0.6 is 0 Å². The molecule has 0 aliphatic heterocycles. The summed E-state index contributed by atoms with van der Waals surface area (Å²) in [6.45, 7) is 7.30. The average molecular weight is 345 g/mol. The van der Waals surface area contributed by atoms with Crippen molar-refractivity contribution in [3.63, 3.8) is 0 Å². The minimum absolute atomic E-state index is 0.0369. The van der Waals surface area contributed by atoms with E-state index < -0.39 is 0 Å². The lowest BCUT2D eigenvalue weighted by atomic mass is 9.63. The number of amides is 1. The van der Waals surface area contributed by atoms with E-state index in [0.717, 1.165) is 25.9 Å². The molecule has 0 radical (unpaired) electrons. The Hall–Kier alpha value is -2.02. The van der Waals surface area contributed by atoms with Crippen LogP contribution in [0.3, 0.4) is 0 Å². The molecule has 1 fully saturated rings. The number of hydrogen-bond donors (Lipinski definition) is 0. The maximum Gasteiger partial charge on any atom is 0.255 e. The van der Waals surface area contributed by atoms with E-state index in [1.807, 2.05) is 11.9 Å². The molecule has 3 rings (SSSR count). The summed E-state index contributed by atoms with van der Waals surface area (Å²) in [6, 6.07) is 1.92. The Kier molecular flexibility index (Phi) is 4.77. The van der Waals surface area contributed by atoms with Crippen molar-refractivity contribution in [3.8, 4) is 0 Å². The fraction of sp³-hybridized carbons (Fsp3) is 0.667. The molecule has 1 aliphatic rings. The third kappa shape index (κ3) is 3.13. The van der Waals surface area contributed by atoms with Gasteiger partial charge in [0.25, 0.3) is 5.91 Å². The Morgan fingerprint density at radius 2 is 2.24 bits per heavy atom. The number of nitrogens with zero attached hydrogens (tertiary/aromatic N) is 5. The molecule has 0 bridgehead atoms. The minimum Gasteiger partial charge on any atom is -0.378 e. The van der Waals surface area contributed by atoms with Crippen LogP contribution in [-0.2, 0) is 11.8 Å². The monoisotopic (exact) mass is 345 g/mol. The number of carbonyl (C=O) groups excluding carboxylic acids is 1. The van der Waals surface area contributed by atoms with E-state index >= 15 is 0 Å². The van der Waals surface area contributed by atoms with Crippen LogP contribution in [0.4, 0.5) is 0 Å². The van der Waals surface area contributed by atoms with Gasteiger partial charge in [-0.3, -0.25) is 4.79 Å². The number of rotatable bonds is 6. The topological polar surface area (TPSA) is 73.1 Å². The molecule has 1 amide bonds. The predicted octanol–water partition coefficient (Wildman–Crippen LogP) is 2.42. The lowest BCUT2D eigenvalue weighted by Gasteiger charge is -2.54. The van der Waals surface area contributed by atoms with Crippen molar-refractivity contribution in [3.05, 3.63) is 17.8 Å². The van der Waals surface area contributed by atoms with Crippen LogP contribution in [0.15, 0.2) is 12.3 Å². The van der Waals surface area contributed by atoms with Gasteiger partial charge in [0, 0.05) is 38.4 Å². The Morgan fingerprint density at radius 1 is 1.48 bits per heavy atom. The van der Waals surface area contributed by atoms with Crippen molar-refractivity contribution in [1.29, 1.82) is 0 Å². The normalized spacial score (nSPS) is 22.0. The van der Waals surface area contributed by atoms with Crippen LogP contribution in [0, 0.1) is 5.41 Å². The second-order valence-corrected chi connectivity index (χ2v) is 7.48. The third-order valence-electron chi connectivity index (χ3n) is 5.42. The zero-order valence-electron chi connectivity index (χ0n) is 15.7. The third-order valence-corrected chi connectivity index (χ3v) is 5.42. The molecule has 0 N–H and O–H groups in total. The second-order valence-electron chi connectivity index (χ2n) is 7.48. The molecule has 0 aromatic carbocycles. The molecule has 2 heterocycles. The Balaban J connectivity index is 1.69. The molecule has 7 heteroatoms. The smallest absolute Gasteiger partial charge is 0.255 e. The van der Waals surface area contributed by atoms with Gasteiger partial charge >= 0.3 is 0 Å². The van der Waals surface area contributed by atoms with Gasteiger partial charge in [0.05, 0.1) is 11.7 Å². The Labute approximate surface area is 148 Å². The van der Waals surface area contributed by atoms with Crippen LogP contribution in [0.25, 0.3) is 11.2 Å². The molecule has 25 heavy (non-hydrogen) atoms. The van der Waals surface area contributed by atoms with Crippen LogP contribution < -0.4 is 0 Å². The van der Waals surface area contributed by atoms with Gasteiger partial charge in [-0.1, -0.05) is 32.4 Å². The summed E-state index contributed by atoms with van der Waals surface area (Å²) in [6.07, 6.45) is 4.90. The van der Waals surface area contributed by atoms with E-state index in [2.05, 4.69) is 36.1 Å². The maximum absolute atomic E-state index is 12.9. The summed E-state index contributed by atoms with van der Waals surface area (Å²) in [4.78, 5) is 19.0. The van der Waals surface area contributed by atoms with Gasteiger partial charge in [0.15, 0.2) is 5.65 Å². The van der Waals surface area contributed by atoms with Crippen LogP contribution in [0.1, 0.15) is 50.4 Å². The number of aromatic nitrogens is 4. The summed E-state index contributed by atoms with van der Waals surface area (Å²) in [5.74, 6) is -0.0369. The summed E-state index contributed by atoms with van der Waals surface area (Å²) in [5.41, 5.74) is 1.80. The van der Waals surface area contributed by atoms with Gasteiger partial charge in [0.2, 0.25) is 0 Å². The van der Waals surface area contributed by atoms with Gasteiger partial charge in [-0.2, -0.15) is 0 Å². The van der Waals surface area contributed by atoms with Gasteiger partial charge in [-0.15, -0.1) is 5.10 Å². The number of pyridine rings is 1. The first-order chi connectivity index (χ1) is 11.9. The molecule has 0 unspecified atom stereocenters. The quantitative estimate of drug-likeness (QED) is 0.752. The molecular formula is C18H27N5O2. The summed E-state index contributed by atoms with van der Waals surface area (Å²) >= 11 is 0. The fourth-order valence-corrected chi connectivity index (χ4v) is 3.56. The van der Waals surface area contributed by atoms with Crippen molar-refractivity contribution < 1.29 is 9.53 Å². The molecule has 2 aromatic heterocycles. The van der Waals surface area contributed by atoms with E-state index in [-0.39, 0.29) is 23.5 Å². The highest BCUT2D eigenvalue weighted by Crippen LogP contribution is 2.45. The molecule has 0 saturated heterocycles. The number of unbranched alkanes of at least 4 members (excludes halogenated alkanes) is 1. The first-order valence-electron chi connectivity index (χ1n) is 8.90. The molecule has 2 aromatic rings. The minimum atomic E-state index is -0.0533. The van der Waals surface area contributed by atoms with Gasteiger partial charge in [-0.25, -0.2) is 9.67 Å². The lowest BCUT2D eigenvalue weighted by molar-refractivity contribution is -0.140. The second kappa shape index (κ2) is 6.71. The molecule has 2 atom stereocenters. The lowest BCUT2D eigenvalue weighted by Crippen LogP contribution is -2.62. The number of ether oxygens (including phenoxy) is 1. The maximum atomic E-state index is 12.9. The van der Waals surface area contributed by atoms with E-state index in [0.29, 0.717) is 16.7 Å². The molecule has 1 aliphatic carbocycles. The van der Waals surface area contributed by atoms with Crippen molar-refractivity contribution in [2.45, 2.75) is 52.2 Å². The number of hydrogen-bond acceptors (Lipinski definition) is 5. The Morgan fingerprint density at radius 3 is 2.92 bits per heavy atom. The summed E-state index contributed by atoms with van der Waals surface area (Å²) in [5, 5.41) is 7.98. The van der Waals surface area contributed by atoms with Gasteiger partial charge < -0.3 is 9.64 Å².